The standard InChI is InChI=1S/C19H24N2/c1-15-5-2-3-8-19(15)18-7-4-6-16(11-18)13-21-10-9-17(12-20)14-21/h2-8,11,17H,9-10,12-14,20H2,1H3/t17-/m1/s1. The molecule has 0 aliphatic carbocycles. The van der Waals surface area contributed by atoms with Crippen molar-refractivity contribution in [1.29, 1.82) is 0 Å². The number of benzene rings is 2. The lowest BCUT2D eigenvalue weighted by molar-refractivity contribution is 0.318. The van der Waals surface area contributed by atoms with E-state index in [9.17, 15) is 0 Å². The van der Waals surface area contributed by atoms with Gasteiger partial charge in [0, 0.05) is 13.1 Å². The van der Waals surface area contributed by atoms with Crippen molar-refractivity contribution in [2.24, 2.45) is 11.7 Å². The Balaban J connectivity index is 1.76. The molecule has 0 amide bonds. The molecule has 0 unspecified atom stereocenters. The number of hydrogen-bond donors (Lipinski definition) is 1. The molecule has 2 heteroatoms. The summed E-state index contributed by atoms with van der Waals surface area (Å²) in [4.78, 5) is 2.52. The number of rotatable bonds is 4. The molecule has 21 heavy (non-hydrogen) atoms. The van der Waals surface area contributed by atoms with E-state index in [-0.39, 0.29) is 0 Å². The second-order valence-electron chi connectivity index (χ2n) is 6.14. The van der Waals surface area contributed by atoms with Crippen LogP contribution in [0.25, 0.3) is 11.1 Å². The molecule has 0 aromatic heterocycles. The fraction of sp³-hybridized carbons (Fsp3) is 0.368. The highest BCUT2D eigenvalue weighted by Crippen LogP contribution is 2.25. The highest BCUT2D eigenvalue weighted by Gasteiger charge is 2.20. The molecule has 0 saturated carbocycles. The van der Waals surface area contributed by atoms with Gasteiger partial charge in [-0.3, -0.25) is 4.90 Å². The SMILES string of the molecule is Cc1ccccc1-c1cccc(CN2CC[C@H](CN)C2)c1. The van der Waals surface area contributed by atoms with Gasteiger partial charge in [-0.2, -0.15) is 0 Å². The zero-order valence-electron chi connectivity index (χ0n) is 12.8. The van der Waals surface area contributed by atoms with E-state index in [1.54, 1.807) is 0 Å². The zero-order valence-corrected chi connectivity index (χ0v) is 12.8. The van der Waals surface area contributed by atoms with Gasteiger partial charge in [0.1, 0.15) is 0 Å². The van der Waals surface area contributed by atoms with Crippen LogP contribution in [0.3, 0.4) is 0 Å². The summed E-state index contributed by atoms with van der Waals surface area (Å²) in [5.41, 5.74) is 11.2. The van der Waals surface area contributed by atoms with Crippen LogP contribution in [0.5, 0.6) is 0 Å². The maximum atomic E-state index is 5.78. The number of nitrogens with zero attached hydrogens (tertiary/aromatic N) is 1. The molecule has 0 radical (unpaired) electrons. The van der Waals surface area contributed by atoms with Crippen LogP contribution in [-0.4, -0.2) is 24.5 Å². The van der Waals surface area contributed by atoms with Gasteiger partial charge in [0.2, 0.25) is 0 Å². The first-order chi connectivity index (χ1) is 10.3. The summed E-state index contributed by atoms with van der Waals surface area (Å²) in [5, 5.41) is 0. The highest BCUT2D eigenvalue weighted by atomic mass is 15.1. The van der Waals surface area contributed by atoms with Crippen LogP contribution < -0.4 is 5.73 Å². The number of hydrogen-bond acceptors (Lipinski definition) is 2. The summed E-state index contributed by atoms with van der Waals surface area (Å²) in [6, 6.07) is 17.5. The van der Waals surface area contributed by atoms with E-state index in [0.717, 1.165) is 19.6 Å². The Morgan fingerprint density at radius 1 is 1.14 bits per heavy atom. The van der Waals surface area contributed by atoms with Crippen LogP contribution in [0.4, 0.5) is 0 Å². The molecule has 1 aliphatic rings. The monoisotopic (exact) mass is 280 g/mol. The van der Waals surface area contributed by atoms with E-state index in [4.69, 9.17) is 5.73 Å². The average molecular weight is 280 g/mol. The third kappa shape index (κ3) is 3.34. The minimum absolute atomic E-state index is 0.685. The first kappa shape index (κ1) is 14.3. The van der Waals surface area contributed by atoms with Gasteiger partial charge in [-0.15, -0.1) is 0 Å². The molecule has 1 aliphatic heterocycles. The highest BCUT2D eigenvalue weighted by molar-refractivity contribution is 5.67. The number of aryl methyl sites for hydroxylation is 1. The molecule has 1 saturated heterocycles. The Labute approximate surface area is 127 Å². The Morgan fingerprint density at radius 2 is 2.00 bits per heavy atom. The third-order valence-electron chi connectivity index (χ3n) is 4.49. The number of nitrogens with two attached hydrogens (primary N) is 1. The summed E-state index contributed by atoms with van der Waals surface area (Å²) < 4.78 is 0. The summed E-state index contributed by atoms with van der Waals surface area (Å²) in [5.74, 6) is 0.685. The minimum atomic E-state index is 0.685. The van der Waals surface area contributed by atoms with Crippen LogP contribution in [0.1, 0.15) is 17.5 Å². The Kier molecular flexibility index (Phi) is 4.37. The van der Waals surface area contributed by atoms with Crippen LogP contribution in [0.15, 0.2) is 48.5 Å². The van der Waals surface area contributed by atoms with E-state index < -0.39 is 0 Å². The molecule has 2 aromatic carbocycles. The quantitative estimate of drug-likeness (QED) is 0.929. The van der Waals surface area contributed by atoms with E-state index in [0.29, 0.717) is 5.92 Å². The Bertz CT molecular complexity index is 606. The minimum Gasteiger partial charge on any atom is -0.330 e. The topological polar surface area (TPSA) is 29.3 Å². The van der Waals surface area contributed by atoms with Crippen molar-refractivity contribution in [1.82, 2.24) is 4.90 Å². The van der Waals surface area contributed by atoms with Crippen LogP contribution >= 0.6 is 0 Å². The van der Waals surface area contributed by atoms with Gasteiger partial charge in [0.05, 0.1) is 0 Å². The van der Waals surface area contributed by atoms with Crippen molar-refractivity contribution in [2.45, 2.75) is 19.9 Å². The van der Waals surface area contributed by atoms with E-state index in [2.05, 4.69) is 60.4 Å². The lowest BCUT2D eigenvalue weighted by Gasteiger charge is -2.16. The van der Waals surface area contributed by atoms with Crippen molar-refractivity contribution in [3.05, 3.63) is 59.7 Å². The lowest BCUT2D eigenvalue weighted by atomic mass is 9.99. The Hall–Kier alpha value is -1.64. The molecule has 3 rings (SSSR count). The van der Waals surface area contributed by atoms with Crippen LogP contribution in [0.2, 0.25) is 0 Å². The maximum Gasteiger partial charge on any atom is 0.0234 e. The van der Waals surface area contributed by atoms with Crippen molar-refractivity contribution < 1.29 is 0 Å². The molecule has 1 atom stereocenters. The van der Waals surface area contributed by atoms with Crippen molar-refractivity contribution >= 4 is 0 Å². The first-order valence-electron chi connectivity index (χ1n) is 7.83. The van der Waals surface area contributed by atoms with Gasteiger partial charge >= 0.3 is 0 Å². The van der Waals surface area contributed by atoms with Gasteiger partial charge in [0.15, 0.2) is 0 Å². The molecule has 0 bridgehead atoms. The van der Waals surface area contributed by atoms with Crippen molar-refractivity contribution in [2.75, 3.05) is 19.6 Å². The Morgan fingerprint density at radius 3 is 2.76 bits per heavy atom. The fourth-order valence-corrected chi connectivity index (χ4v) is 3.24. The molecular weight excluding hydrogens is 256 g/mol. The molecular formula is C19H24N2. The first-order valence-corrected chi connectivity index (χ1v) is 7.83. The second-order valence-corrected chi connectivity index (χ2v) is 6.14. The molecule has 2 nitrogen and oxygen atoms in total. The van der Waals surface area contributed by atoms with E-state index in [1.165, 1.54) is 35.2 Å². The summed E-state index contributed by atoms with van der Waals surface area (Å²) in [6.07, 6.45) is 1.24. The molecule has 1 heterocycles. The zero-order chi connectivity index (χ0) is 14.7. The summed E-state index contributed by atoms with van der Waals surface area (Å²) >= 11 is 0. The third-order valence-corrected chi connectivity index (χ3v) is 4.49. The number of likely N-dealkylation sites (tertiary alicyclic amines) is 1. The summed E-state index contributed by atoms with van der Waals surface area (Å²) in [7, 11) is 0. The molecule has 2 N–H and O–H groups in total. The molecule has 0 spiro atoms. The molecule has 1 fully saturated rings. The lowest BCUT2D eigenvalue weighted by Crippen LogP contribution is -2.22. The average Bonchev–Trinajstić information content (AvgIpc) is 2.96. The maximum absolute atomic E-state index is 5.78. The van der Waals surface area contributed by atoms with Gasteiger partial charge in [-0.1, -0.05) is 42.5 Å². The van der Waals surface area contributed by atoms with Crippen LogP contribution in [0, 0.1) is 12.8 Å². The predicted molar refractivity (Wildman–Crippen MR) is 89.1 cm³/mol. The fourth-order valence-electron chi connectivity index (χ4n) is 3.24. The van der Waals surface area contributed by atoms with Crippen molar-refractivity contribution in [3.63, 3.8) is 0 Å². The van der Waals surface area contributed by atoms with Gasteiger partial charge in [-0.05, 0) is 60.7 Å². The largest absolute Gasteiger partial charge is 0.330 e. The van der Waals surface area contributed by atoms with Crippen molar-refractivity contribution in [3.8, 4) is 11.1 Å². The predicted octanol–water partition coefficient (Wildman–Crippen LogP) is 3.44. The van der Waals surface area contributed by atoms with E-state index >= 15 is 0 Å². The van der Waals surface area contributed by atoms with E-state index in [1.807, 2.05) is 0 Å². The normalized spacial score (nSPS) is 19.0. The van der Waals surface area contributed by atoms with Gasteiger partial charge in [0.25, 0.3) is 0 Å². The second kappa shape index (κ2) is 6.42. The molecule has 110 valence electrons. The smallest absolute Gasteiger partial charge is 0.0234 e. The van der Waals surface area contributed by atoms with Gasteiger partial charge in [-0.25, -0.2) is 0 Å². The van der Waals surface area contributed by atoms with Crippen LogP contribution in [-0.2, 0) is 6.54 Å². The summed E-state index contributed by atoms with van der Waals surface area (Å²) in [6.45, 7) is 6.35. The molecule has 2 aromatic rings. The van der Waals surface area contributed by atoms with Gasteiger partial charge < -0.3 is 5.73 Å².